The van der Waals surface area contributed by atoms with Crippen LogP contribution >= 0.6 is 12.4 Å². The van der Waals surface area contributed by atoms with Gasteiger partial charge in [0.1, 0.15) is 6.04 Å². The van der Waals surface area contributed by atoms with Gasteiger partial charge in [0.25, 0.3) is 0 Å². The molecule has 1 aromatic heterocycles. The molecule has 2 fully saturated rings. The highest BCUT2D eigenvalue weighted by molar-refractivity contribution is 6.01. The van der Waals surface area contributed by atoms with Crippen molar-refractivity contribution in [3.63, 3.8) is 0 Å². The molecule has 7 nitrogen and oxygen atoms in total. The Morgan fingerprint density at radius 1 is 1.26 bits per heavy atom. The molecule has 2 aliphatic heterocycles. The van der Waals surface area contributed by atoms with Crippen LogP contribution in [0.25, 0.3) is 0 Å². The summed E-state index contributed by atoms with van der Waals surface area (Å²) in [4.78, 5) is 27.3. The maximum Gasteiger partial charge on any atom is 0.249 e. The van der Waals surface area contributed by atoms with Gasteiger partial charge in [0.2, 0.25) is 11.8 Å². The minimum absolute atomic E-state index is 0. The lowest BCUT2D eigenvalue weighted by Crippen LogP contribution is -2.45. The smallest absolute Gasteiger partial charge is 0.249 e. The average molecular weight is 390 g/mol. The molecule has 0 aliphatic carbocycles. The van der Waals surface area contributed by atoms with Gasteiger partial charge in [-0.2, -0.15) is 5.10 Å². The number of hydrogen-bond donors (Lipinski definition) is 2. The molecule has 1 aromatic carbocycles. The molecule has 3 heterocycles. The molecule has 3 atom stereocenters. The minimum atomic E-state index is -0.446. The standard InChI is InChI=1S/C19H23N5O2.ClH/c1-23-12-13(9-21-23)15-10-20-11-16(15)18(25)22-17-7-8-24(19(17)26)14-5-3-2-4-6-14;/h2-6,9,12,15-17,20H,7-8,10-11H2,1H3,(H,22,25);1H/t15-,16+,17?;/m1./s1. The number of aryl methyl sites for hydroxylation is 1. The Balaban J connectivity index is 0.00000210. The third-order valence-electron chi connectivity index (χ3n) is 5.29. The third kappa shape index (κ3) is 3.84. The van der Waals surface area contributed by atoms with E-state index in [0.717, 1.165) is 17.8 Å². The lowest BCUT2D eigenvalue weighted by Gasteiger charge is -2.20. The fraction of sp³-hybridized carbons (Fsp3) is 0.421. The van der Waals surface area contributed by atoms with Crippen LogP contribution in [0.5, 0.6) is 0 Å². The van der Waals surface area contributed by atoms with Crippen LogP contribution in [0.3, 0.4) is 0 Å². The highest BCUT2D eigenvalue weighted by Crippen LogP contribution is 2.28. The van der Waals surface area contributed by atoms with E-state index in [1.54, 1.807) is 9.58 Å². The van der Waals surface area contributed by atoms with Gasteiger partial charge in [0.05, 0.1) is 12.1 Å². The quantitative estimate of drug-likeness (QED) is 0.819. The van der Waals surface area contributed by atoms with E-state index in [1.165, 1.54) is 0 Å². The maximum absolute atomic E-state index is 12.8. The van der Waals surface area contributed by atoms with E-state index in [1.807, 2.05) is 49.8 Å². The largest absolute Gasteiger partial charge is 0.344 e. The molecule has 0 spiro atoms. The monoisotopic (exact) mass is 389 g/mol. The minimum Gasteiger partial charge on any atom is -0.344 e. The highest BCUT2D eigenvalue weighted by Gasteiger charge is 2.39. The molecule has 27 heavy (non-hydrogen) atoms. The van der Waals surface area contributed by atoms with Crippen molar-refractivity contribution < 1.29 is 9.59 Å². The summed E-state index contributed by atoms with van der Waals surface area (Å²) in [7, 11) is 1.87. The second-order valence-electron chi connectivity index (χ2n) is 6.99. The van der Waals surface area contributed by atoms with Crippen LogP contribution < -0.4 is 15.5 Å². The number of anilines is 1. The van der Waals surface area contributed by atoms with Crippen LogP contribution in [0.15, 0.2) is 42.7 Å². The van der Waals surface area contributed by atoms with Crippen molar-refractivity contribution in [3.8, 4) is 0 Å². The van der Waals surface area contributed by atoms with Gasteiger partial charge in [0, 0.05) is 44.5 Å². The molecule has 0 saturated carbocycles. The second kappa shape index (κ2) is 8.10. The van der Waals surface area contributed by atoms with Gasteiger partial charge in [-0.15, -0.1) is 12.4 Å². The first-order valence-electron chi connectivity index (χ1n) is 8.99. The van der Waals surface area contributed by atoms with Crippen LogP contribution in [0.4, 0.5) is 5.69 Å². The number of halogens is 1. The number of nitrogens with zero attached hydrogens (tertiary/aromatic N) is 3. The van der Waals surface area contributed by atoms with E-state index in [4.69, 9.17) is 0 Å². The van der Waals surface area contributed by atoms with Crippen LogP contribution in [0, 0.1) is 5.92 Å². The molecule has 2 aliphatic rings. The molecular weight excluding hydrogens is 366 g/mol. The van der Waals surface area contributed by atoms with Gasteiger partial charge in [-0.05, 0) is 24.1 Å². The van der Waals surface area contributed by atoms with Gasteiger partial charge in [-0.25, -0.2) is 0 Å². The first-order valence-corrected chi connectivity index (χ1v) is 8.99. The number of benzene rings is 1. The Morgan fingerprint density at radius 3 is 2.74 bits per heavy atom. The summed E-state index contributed by atoms with van der Waals surface area (Å²) in [5.41, 5.74) is 1.94. The van der Waals surface area contributed by atoms with E-state index in [2.05, 4.69) is 15.7 Å². The van der Waals surface area contributed by atoms with Crippen LogP contribution in [0.1, 0.15) is 17.9 Å². The average Bonchev–Trinajstić information content (AvgIpc) is 3.36. The number of aromatic nitrogens is 2. The number of hydrogen-bond acceptors (Lipinski definition) is 4. The van der Waals surface area contributed by atoms with Gasteiger partial charge in [0.15, 0.2) is 0 Å². The fourth-order valence-electron chi connectivity index (χ4n) is 3.89. The van der Waals surface area contributed by atoms with Gasteiger partial charge in [-0.1, -0.05) is 18.2 Å². The first-order chi connectivity index (χ1) is 12.6. The van der Waals surface area contributed by atoms with Crippen LogP contribution in [-0.4, -0.2) is 47.3 Å². The molecule has 4 rings (SSSR count). The van der Waals surface area contributed by atoms with Crippen LogP contribution in [0.2, 0.25) is 0 Å². The highest BCUT2D eigenvalue weighted by atomic mass is 35.5. The topological polar surface area (TPSA) is 79.3 Å². The summed E-state index contributed by atoms with van der Waals surface area (Å²) < 4.78 is 1.75. The van der Waals surface area contributed by atoms with E-state index in [-0.39, 0.29) is 36.1 Å². The van der Waals surface area contributed by atoms with Crippen LogP contribution in [-0.2, 0) is 16.6 Å². The predicted octanol–water partition coefficient (Wildman–Crippen LogP) is 1.07. The molecule has 2 N–H and O–H groups in total. The predicted molar refractivity (Wildman–Crippen MR) is 105 cm³/mol. The Hall–Kier alpha value is -2.38. The van der Waals surface area contributed by atoms with Gasteiger partial charge in [-0.3, -0.25) is 14.3 Å². The number of carbonyl (C=O) groups is 2. The van der Waals surface area contributed by atoms with Crippen molar-refractivity contribution in [2.45, 2.75) is 18.4 Å². The van der Waals surface area contributed by atoms with E-state index >= 15 is 0 Å². The SMILES string of the molecule is Cl.Cn1cc([C@H]2CNC[C@@H]2C(=O)NC2CCN(c3ccccc3)C2=O)cn1. The van der Waals surface area contributed by atoms with Crippen molar-refractivity contribution in [2.75, 3.05) is 24.5 Å². The number of para-hydroxylation sites is 1. The zero-order valence-corrected chi connectivity index (χ0v) is 16.0. The number of carbonyl (C=O) groups excluding carboxylic acids is 2. The van der Waals surface area contributed by atoms with Gasteiger partial charge < -0.3 is 15.5 Å². The number of amides is 2. The molecule has 1 unspecified atom stereocenters. The molecule has 2 amide bonds. The molecule has 0 radical (unpaired) electrons. The summed E-state index contributed by atoms with van der Waals surface area (Å²) in [6, 6.07) is 9.14. The number of rotatable bonds is 4. The van der Waals surface area contributed by atoms with Crippen molar-refractivity contribution in [1.29, 1.82) is 0 Å². The molecule has 0 bridgehead atoms. The van der Waals surface area contributed by atoms with Crippen molar-refractivity contribution in [1.82, 2.24) is 20.4 Å². The Morgan fingerprint density at radius 2 is 2.04 bits per heavy atom. The fourth-order valence-corrected chi connectivity index (χ4v) is 3.89. The first kappa shape index (κ1) is 19.4. The molecule has 2 aromatic rings. The lowest BCUT2D eigenvalue weighted by atomic mass is 9.90. The van der Waals surface area contributed by atoms with Crippen molar-refractivity contribution in [3.05, 3.63) is 48.3 Å². The zero-order chi connectivity index (χ0) is 18.1. The molecule has 144 valence electrons. The summed E-state index contributed by atoms with van der Waals surface area (Å²) in [5, 5.41) is 10.5. The Kier molecular flexibility index (Phi) is 5.82. The normalized spacial score (nSPS) is 24.7. The molecule has 8 heteroatoms. The Labute approximate surface area is 164 Å². The van der Waals surface area contributed by atoms with E-state index in [0.29, 0.717) is 19.5 Å². The van der Waals surface area contributed by atoms with E-state index in [9.17, 15) is 9.59 Å². The molecular formula is C19H24ClN5O2. The maximum atomic E-state index is 12.8. The number of nitrogens with one attached hydrogen (secondary N) is 2. The summed E-state index contributed by atoms with van der Waals surface area (Å²) >= 11 is 0. The summed E-state index contributed by atoms with van der Waals surface area (Å²) in [6.07, 6.45) is 4.41. The Bertz CT molecular complexity index is 809. The van der Waals surface area contributed by atoms with Crippen molar-refractivity contribution in [2.24, 2.45) is 13.0 Å². The zero-order valence-electron chi connectivity index (χ0n) is 15.2. The van der Waals surface area contributed by atoms with Gasteiger partial charge >= 0.3 is 0 Å². The van der Waals surface area contributed by atoms with E-state index < -0.39 is 6.04 Å². The summed E-state index contributed by atoms with van der Waals surface area (Å²) in [6.45, 7) is 2.00. The third-order valence-corrected chi connectivity index (χ3v) is 5.29. The molecule has 2 saturated heterocycles. The second-order valence-corrected chi connectivity index (χ2v) is 6.99. The van der Waals surface area contributed by atoms with Crippen molar-refractivity contribution >= 4 is 29.9 Å². The lowest BCUT2D eigenvalue weighted by molar-refractivity contribution is -0.129. The summed E-state index contributed by atoms with van der Waals surface area (Å²) in [5.74, 6) is -0.186.